The standard InChI is InChI=1S/C18H17FN2OS.BrH/c1-10-4-9-15-16(11(10)2)21-18(23-15)20-12(3)17(22)13-5-7-14(19)8-6-13;/h4-9,12H,1-3H3,(H,20,21);1H. The molecule has 0 bridgehead atoms. The molecule has 1 unspecified atom stereocenters. The lowest BCUT2D eigenvalue weighted by molar-refractivity contribution is 0.0975. The minimum Gasteiger partial charge on any atom is -0.352 e. The van der Waals surface area contributed by atoms with Crippen molar-refractivity contribution in [3.63, 3.8) is 0 Å². The number of benzene rings is 2. The summed E-state index contributed by atoms with van der Waals surface area (Å²) in [6, 6.07) is 9.29. The predicted molar refractivity (Wildman–Crippen MR) is 103 cm³/mol. The zero-order valence-corrected chi connectivity index (χ0v) is 16.1. The van der Waals surface area contributed by atoms with Gasteiger partial charge in [0, 0.05) is 5.56 Å². The number of fused-ring (bicyclic) bond motifs is 1. The summed E-state index contributed by atoms with van der Waals surface area (Å²) in [6.07, 6.45) is 0. The smallest absolute Gasteiger partial charge is 0.184 e. The van der Waals surface area contributed by atoms with E-state index in [2.05, 4.69) is 23.3 Å². The van der Waals surface area contributed by atoms with Crippen LogP contribution in [0.2, 0.25) is 0 Å². The van der Waals surface area contributed by atoms with E-state index < -0.39 is 6.04 Å². The van der Waals surface area contributed by atoms with E-state index in [9.17, 15) is 9.18 Å². The van der Waals surface area contributed by atoms with Crippen molar-refractivity contribution in [2.45, 2.75) is 26.8 Å². The lowest BCUT2D eigenvalue weighted by atomic mass is 10.1. The minimum absolute atomic E-state index is 0. The van der Waals surface area contributed by atoms with Crippen molar-refractivity contribution in [2.75, 3.05) is 5.32 Å². The molecule has 0 saturated heterocycles. The second-order valence-electron chi connectivity index (χ2n) is 5.61. The second-order valence-corrected chi connectivity index (χ2v) is 6.64. The fourth-order valence-electron chi connectivity index (χ4n) is 2.40. The van der Waals surface area contributed by atoms with Crippen LogP contribution >= 0.6 is 28.3 Å². The Bertz CT molecular complexity index is 877. The molecule has 126 valence electrons. The third-order valence-corrected chi connectivity index (χ3v) is 4.90. The summed E-state index contributed by atoms with van der Waals surface area (Å²) in [7, 11) is 0. The van der Waals surface area contributed by atoms with Crippen LogP contribution in [0, 0.1) is 19.7 Å². The van der Waals surface area contributed by atoms with Crippen molar-refractivity contribution in [1.29, 1.82) is 0 Å². The van der Waals surface area contributed by atoms with Gasteiger partial charge in [0.05, 0.1) is 16.3 Å². The molecule has 1 N–H and O–H groups in total. The number of nitrogens with zero attached hydrogens (tertiary/aromatic N) is 1. The Labute approximate surface area is 154 Å². The molecular formula is C18H18BrFN2OS. The van der Waals surface area contributed by atoms with Gasteiger partial charge in [-0.25, -0.2) is 9.37 Å². The molecule has 0 aliphatic rings. The van der Waals surface area contributed by atoms with Crippen molar-refractivity contribution in [1.82, 2.24) is 4.98 Å². The van der Waals surface area contributed by atoms with Crippen molar-refractivity contribution in [2.24, 2.45) is 0 Å². The van der Waals surface area contributed by atoms with E-state index in [1.807, 2.05) is 13.0 Å². The zero-order valence-electron chi connectivity index (χ0n) is 13.6. The van der Waals surface area contributed by atoms with Gasteiger partial charge >= 0.3 is 0 Å². The first-order valence-electron chi connectivity index (χ1n) is 7.39. The molecule has 3 rings (SSSR count). The van der Waals surface area contributed by atoms with Crippen LogP contribution in [0.4, 0.5) is 9.52 Å². The molecule has 1 aromatic heterocycles. The molecule has 0 saturated carbocycles. The van der Waals surface area contributed by atoms with Gasteiger partial charge in [0.1, 0.15) is 5.82 Å². The molecular weight excluding hydrogens is 391 g/mol. The van der Waals surface area contributed by atoms with Gasteiger partial charge < -0.3 is 5.32 Å². The normalized spacial score (nSPS) is 11.8. The van der Waals surface area contributed by atoms with E-state index in [1.165, 1.54) is 41.2 Å². The van der Waals surface area contributed by atoms with E-state index in [0.717, 1.165) is 20.9 Å². The number of thiazole rings is 1. The Morgan fingerprint density at radius 1 is 1.17 bits per heavy atom. The van der Waals surface area contributed by atoms with Gasteiger partial charge in [0.2, 0.25) is 0 Å². The van der Waals surface area contributed by atoms with Gasteiger partial charge in [-0.05, 0) is 62.2 Å². The quantitative estimate of drug-likeness (QED) is 0.594. The van der Waals surface area contributed by atoms with Gasteiger partial charge in [0.25, 0.3) is 0 Å². The molecule has 0 aliphatic heterocycles. The molecule has 0 fully saturated rings. The SMILES string of the molecule is Br.Cc1ccc2sc(NC(C)C(=O)c3ccc(F)cc3)nc2c1C. The number of ketones is 1. The highest BCUT2D eigenvalue weighted by Gasteiger charge is 2.17. The third kappa shape index (κ3) is 3.65. The summed E-state index contributed by atoms with van der Waals surface area (Å²) in [5.41, 5.74) is 3.81. The van der Waals surface area contributed by atoms with Crippen LogP contribution in [0.3, 0.4) is 0 Å². The van der Waals surface area contributed by atoms with Crippen LogP contribution in [0.15, 0.2) is 36.4 Å². The lowest BCUT2D eigenvalue weighted by Crippen LogP contribution is -2.26. The maximum atomic E-state index is 13.0. The first kappa shape index (κ1) is 18.5. The molecule has 0 amide bonds. The number of aromatic nitrogens is 1. The van der Waals surface area contributed by atoms with Crippen molar-refractivity contribution < 1.29 is 9.18 Å². The molecule has 3 nitrogen and oxygen atoms in total. The number of hydrogen-bond donors (Lipinski definition) is 1. The lowest BCUT2D eigenvalue weighted by Gasteiger charge is -2.11. The summed E-state index contributed by atoms with van der Waals surface area (Å²) in [6.45, 7) is 5.89. The Morgan fingerprint density at radius 2 is 1.83 bits per heavy atom. The maximum absolute atomic E-state index is 13.0. The van der Waals surface area contributed by atoms with E-state index in [0.29, 0.717) is 5.56 Å². The average molecular weight is 409 g/mol. The Morgan fingerprint density at radius 3 is 2.50 bits per heavy atom. The van der Waals surface area contributed by atoms with Gasteiger partial charge in [-0.1, -0.05) is 17.4 Å². The number of carbonyl (C=O) groups excluding carboxylic acids is 1. The molecule has 0 spiro atoms. The van der Waals surface area contributed by atoms with Crippen LogP contribution < -0.4 is 5.32 Å². The molecule has 6 heteroatoms. The summed E-state index contributed by atoms with van der Waals surface area (Å²) in [4.78, 5) is 17.0. The van der Waals surface area contributed by atoms with Gasteiger partial charge in [-0.2, -0.15) is 0 Å². The predicted octanol–water partition coefficient (Wildman–Crippen LogP) is 5.31. The highest BCUT2D eigenvalue weighted by Crippen LogP contribution is 2.30. The van der Waals surface area contributed by atoms with E-state index in [-0.39, 0.29) is 28.6 Å². The van der Waals surface area contributed by atoms with Gasteiger partial charge in [-0.15, -0.1) is 17.0 Å². The van der Waals surface area contributed by atoms with E-state index in [4.69, 9.17) is 0 Å². The minimum atomic E-state index is -0.428. The van der Waals surface area contributed by atoms with Crippen molar-refractivity contribution in [3.05, 3.63) is 58.9 Å². The molecule has 3 aromatic rings. The monoisotopic (exact) mass is 408 g/mol. The van der Waals surface area contributed by atoms with Crippen LogP contribution in [-0.2, 0) is 0 Å². The highest BCUT2D eigenvalue weighted by molar-refractivity contribution is 8.93. The number of hydrogen-bond acceptors (Lipinski definition) is 4. The fourth-order valence-corrected chi connectivity index (χ4v) is 3.42. The summed E-state index contributed by atoms with van der Waals surface area (Å²) < 4.78 is 14.0. The van der Waals surface area contributed by atoms with Crippen molar-refractivity contribution in [3.8, 4) is 0 Å². The summed E-state index contributed by atoms with van der Waals surface area (Å²) in [5, 5.41) is 3.87. The molecule has 0 aliphatic carbocycles. The number of Topliss-reactive ketones (excluding diaryl/α,β-unsaturated/α-hetero) is 1. The molecule has 0 radical (unpaired) electrons. The van der Waals surface area contributed by atoms with Crippen LogP contribution in [0.1, 0.15) is 28.4 Å². The molecule has 2 aromatic carbocycles. The Balaban J connectivity index is 0.00000208. The first-order valence-corrected chi connectivity index (χ1v) is 8.20. The van der Waals surface area contributed by atoms with Gasteiger partial charge in [-0.3, -0.25) is 4.79 Å². The molecule has 1 heterocycles. The summed E-state index contributed by atoms with van der Waals surface area (Å²) in [5.74, 6) is -0.434. The van der Waals surface area contributed by atoms with E-state index >= 15 is 0 Å². The third-order valence-electron chi connectivity index (χ3n) is 3.95. The number of halogens is 2. The topological polar surface area (TPSA) is 42.0 Å². The van der Waals surface area contributed by atoms with E-state index in [1.54, 1.807) is 6.92 Å². The number of nitrogens with one attached hydrogen (secondary N) is 1. The number of rotatable bonds is 4. The van der Waals surface area contributed by atoms with Crippen LogP contribution in [0.25, 0.3) is 10.2 Å². The first-order chi connectivity index (χ1) is 11.0. The number of carbonyl (C=O) groups is 1. The second kappa shape index (κ2) is 7.40. The zero-order chi connectivity index (χ0) is 16.6. The average Bonchev–Trinajstić information content (AvgIpc) is 2.94. The molecule has 1 atom stereocenters. The number of aryl methyl sites for hydroxylation is 2. The largest absolute Gasteiger partial charge is 0.352 e. The molecule has 24 heavy (non-hydrogen) atoms. The fraction of sp³-hybridized carbons (Fsp3) is 0.222. The maximum Gasteiger partial charge on any atom is 0.184 e. The Kier molecular flexibility index (Phi) is 5.72. The number of anilines is 1. The highest BCUT2D eigenvalue weighted by atomic mass is 79.9. The Hall–Kier alpha value is -1.79. The van der Waals surface area contributed by atoms with Crippen LogP contribution in [0.5, 0.6) is 0 Å². The van der Waals surface area contributed by atoms with Crippen molar-refractivity contribution >= 4 is 49.4 Å². The van der Waals surface area contributed by atoms with Gasteiger partial charge in [0.15, 0.2) is 10.9 Å². The summed E-state index contributed by atoms with van der Waals surface area (Å²) >= 11 is 1.53. The van der Waals surface area contributed by atoms with Crippen LogP contribution in [-0.4, -0.2) is 16.8 Å².